The van der Waals surface area contributed by atoms with Crippen molar-refractivity contribution in [3.05, 3.63) is 47.9 Å². The van der Waals surface area contributed by atoms with Crippen LogP contribution in [0.15, 0.2) is 41.0 Å². The number of Topliss-reactive ketones (excluding diaryl/α,β-unsaturated/α-hetero) is 1. The predicted molar refractivity (Wildman–Crippen MR) is 72.3 cm³/mol. The molecule has 0 unspecified atom stereocenters. The van der Waals surface area contributed by atoms with Gasteiger partial charge in [0.15, 0.2) is 11.5 Å². The molecule has 0 aliphatic carbocycles. The van der Waals surface area contributed by atoms with E-state index in [-0.39, 0.29) is 17.5 Å². The summed E-state index contributed by atoms with van der Waals surface area (Å²) in [5.41, 5.74) is 1.11. The monoisotopic (exact) mass is 271 g/mol. The van der Waals surface area contributed by atoms with Crippen LogP contribution in [0.2, 0.25) is 0 Å². The molecule has 0 saturated carbocycles. The largest absolute Gasteiger partial charge is 0.497 e. The van der Waals surface area contributed by atoms with E-state index in [1.807, 2.05) is 0 Å². The van der Waals surface area contributed by atoms with E-state index in [1.165, 1.54) is 6.26 Å². The van der Waals surface area contributed by atoms with Crippen LogP contribution < -0.4 is 9.64 Å². The third-order valence-corrected chi connectivity index (χ3v) is 3.34. The van der Waals surface area contributed by atoms with Crippen LogP contribution in [0.5, 0.6) is 5.75 Å². The van der Waals surface area contributed by atoms with Crippen molar-refractivity contribution in [3.8, 4) is 5.75 Å². The minimum Gasteiger partial charge on any atom is -0.497 e. The number of ketones is 1. The minimum absolute atomic E-state index is 0.0335. The summed E-state index contributed by atoms with van der Waals surface area (Å²) in [5, 5.41) is 0. The highest BCUT2D eigenvalue weighted by molar-refractivity contribution is 6.12. The van der Waals surface area contributed by atoms with Gasteiger partial charge in [-0.3, -0.25) is 9.59 Å². The van der Waals surface area contributed by atoms with Gasteiger partial charge < -0.3 is 14.1 Å². The van der Waals surface area contributed by atoms with Gasteiger partial charge in [-0.2, -0.15) is 0 Å². The van der Waals surface area contributed by atoms with Gasteiger partial charge in [0.2, 0.25) is 0 Å². The molecule has 0 bridgehead atoms. The molecule has 1 aliphatic rings. The number of furan rings is 1. The molecule has 1 aromatic heterocycles. The van der Waals surface area contributed by atoms with E-state index < -0.39 is 0 Å². The number of ether oxygens (including phenoxy) is 1. The molecular weight excluding hydrogens is 258 g/mol. The number of hydrogen-bond donors (Lipinski definition) is 0. The number of hydrogen-bond acceptors (Lipinski definition) is 4. The van der Waals surface area contributed by atoms with Crippen LogP contribution in [0.3, 0.4) is 0 Å². The van der Waals surface area contributed by atoms with E-state index in [0.29, 0.717) is 30.0 Å². The lowest BCUT2D eigenvalue weighted by molar-refractivity contribution is 0.0939. The molecular formula is C15H13NO4. The number of anilines is 1. The highest BCUT2D eigenvalue weighted by Gasteiger charge is 2.29. The minimum atomic E-state index is -0.253. The highest BCUT2D eigenvalue weighted by atomic mass is 16.5. The van der Waals surface area contributed by atoms with E-state index in [4.69, 9.17) is 9.15 Å². The molecule has 5 nitrogen and oxygen atoms in total. The van der Waals surface area contributed by atoms with Crippen LogP contribution in [0, 0.1) is 0 Å². The van der Waals surface area contributed by atoms with Crippen molar-refractivity contribution in [1.82, 2.24) is 0 Å². The summed E-state index contributed by atoms with van der Waals surface area (Å²) >= 11 is 0. The van der Waals surface area contributed by atoms with Crippen LogP contribution in [0.4, 0.5) is 5.69 Å². The fraction of sp³-hybridized carbons (Fsp3) is 0.200. The third-order valence-electron chi connectivity index (χ3n) is 3.34. The molecule has 20 heavy (non-hydrogen) atoms. The van der Waals surface area contributed by atoms with Gasteiger partial charge in [0, 0.05) is 24.6 Å². The lowest BCUT2D eigenvalue weighted by Crippen LogP contribution is -2.37. The normalized spacial score (nSPS) is 14.1. The zero-order valence-electron chi connectivity index (χ0n) is 11.0. The highest BCUT2D eigenvalue weighted by Crippen LogP contribution is 2.32. The molecule has 0 radical (unpaired) electrons. The number of nitrogens with zero attached hydrogens (tertiary/aromatic N) is 1. The van der Waals surface area contributed by atoms with E-state index in [9.17, 15) is 9.59 Å². The van der Waals surface area contributed by atoms with Crippen LogP contribution in [-0.4, -0.2) is 25.3 Å². The van der Waals surface area contributed by atoms with Crippen molar-refractivity contribution in [1.29, 1.82) is 0 Å². The van der Waals surface area contributed by atoms with Crippen molar-refractivity contribution in [2.45, 2.75) is 6.42 Å². The molecule has 0 N–H and O–H groups in total. The summed E-state index contributed by atoms with van der Waals surface area (Å²) in [6, 6.07) is 8.39. The molecule has 102 valence electrons. The smallest absolute Gasteiger partial charge is 0.293 e. The van der Waals surface area contributed by atoms with Gasteiger partial charge in [-0.1, -0.05) is 0 Å². The molecule has 1 aromatic carbocycles. The maximum atomic E-state index is 12.4. The van der Waals surface area contributed by atoms with Crippen molar-refractivity contribution in [3.63, 3.8) is 0 Å². The molecule has 0 fully saturated rings. The second-order valence-corrected chi connectivity index (χ2v) is 4.49. The molecule has 1 aliphatic heterocycles. The third kappa shape index (κ3) is 1.97. The van der Waals surface area contributed by atoms with Gasteiger partial charge in [0.25, 0.3) is 5.91 Å². The van der Waals surface area contributed by atoms with Gasteiger partial charge in [-0.05, 0) is 24.3 Å². The maximum Gasteiger partial charge on any atom is 0.293 e. The summed E-state index contributed by atoms with van der Waals surface area (Å²) < 4.78 is 10.3. The Morgan fingerprint density at radius 1 is 1.35 bits per heavy atom. The molecule has 5 heteroatoms. The van der Waals surface area contributed by atoms with Crippen molar-refractivity contribution >= 4 is 17.4 Å². The van der Waals surface area contributed by atoms with Crippen molar-refractivity contribution in [2.24, 2.45) is 0 Å². The molecule has 2 heterocycles. The average Bonchev–Trinajstić information content (AvgIpc) is 3.01. The number of carbonyl (C=O) groups is 2. The number of carbonyl (C=O) groups excluding carboxylic acids is 2. The number of benzene rings is 1. The molecule has 1 amide bonds. The summed E-state index contributed by atoms with van der Waals surface area (Å²) in [6.45, 7) is 0.346. The van der Waals surface area contributed by atoms with Gasteiger partial charge in [0.1, 0.15) is 5.75 Å². The lowest BCUT2D eigenvalue weighted by Gasteiger charge is -2.28. The van der Waals surface area contributed by atoms with Gasteiger partial charge in [0.05, 0.1) is 19.1 Å². The Hall–Kier alpha value is -2.56. The van der Waals surface area contributed by atoms with Gasteiger partial charge in [-0.25, -0.2) is 0 Å². The quantitative estimate of drug-likeness (QED) is 0.842. The van der Waals surface area contributed by atoms with Crippen LogP contribution >= 0.6 is 0 Å². The van der Waals surface area contributed by atoms with E-state index in [2.05, 4.69) is 0 Å². The zero-order valence-corrected chi connectivity index (χ0v) is 11.0. The summed E-state index contributed by atoms with van der Waals surface area (Å²) in [5.74, 6) is 0.645. The Morgan fingerprint density at radius 3 is 2.90 bits per heavy atom. The lowest BCUT2D eigenvalue weighted by atomic mass is 10.00. The topological polar surface area (TPSA) is 59.8 Å². The molecule has 0 atom stereocenters. The van der Waals surface area contributed by atoms with Crippen molar-refractivity contribution in [2.75, 3.05) is 18.6 Å². The van der Waals surface area contributed by atoms with Crippen LogP contribution in [0.25, 0.3) is 0 Å². The fourth-order valence-electron chi connectivity index (χ4n) is 2.31. The Bertz CT molecular complexity index is 661. The van der Waals surface area contributed by atoms with E-state index in [0.717, 1.165) is 0 Å². The maximum absolute atomic E-state index is 12.4. The molecule has 0 spiro atoms. The first-order valence-electron chi connectivity index (χ1n) is 6.27. The second kappa shape index (κ2) is 4.85. The average molecular weight is 271 g/mol. The van der Waals surface area contributed by atoms with Crippen LogP contribution in [-0.2, 0) is 0 Å². The second-order valence-electron chi connectivity index (χ2n) is 4.49. The SMILES string of the molecule is COc1ccc2c(c1)N(C(=O)c1ccco1)CCC2=O. The fourth-order valence-corrected chi connectivity index (χ4v) is 2.31. The Kier molecular flexibility index (Phi) is 3.02. The Morgan fingerprint density at radius 2 is 2.20 bits per heavy atom. The van der Waals surface area contributed by atoms with E-state index >= 15 is 0 Å². The molecule has 3 rings (SSSR count). The number of rotatable bonds is 2. The van der Waals surface area contributed by atoms with Gasteiger partial charge in [-0.15, -0.1) is 0 Å². The predicted octanol–water partition coefficient (Wildman–Crippen LogP) is 2.52. The zero-order chi connectivity index (χ0) is 14.1. The first-order valence-corrected chi connectivity index (χ1v) is 6.27. The van der Waals surface area contributed by atoms with Crippen LogP contribution in [0.1, 0.15) is 27.3 Å². The van der Waals surface area contributed by atoms with Gasteiger partial charge >= 0.3 is 0 Å². The summed E-state index contributed by atoms with van der Waals surface area (Å²) in [4.78, 5) is 25.9. The Labute approximate surface area is 115 Å². The summed E-state index contributed by atoms with van der Waals surface area (Å²) in [6.07, 6.45) is 1.76. The Balaban J connectivity index is 2.05. The molecule has 0 saturated heterocycles. The first-order chi connectivity index (χ1) is 9.70. The standard InChI is InChI=1S/C15H13NO4/c1-19-10-4-5-11-12(9-10)16(7-6-13(11)17)15(18)14-3-2-8-20-14/h2-5,8-9H,6-7H2,1H3. The molecule has 2 aromatic rings. The summed E-state index contributed by atoms with van der Waals surface area (Å²) in [7, 11) is 1.55. The van der Waals surface area contributed by atoms with E-state index in [1.54, 1.807) is 42.3 Å². The number of amides is 1. The number of fused-ring (bicyclic) bond motifs is 1. The number of methoxy groups -OCH3 is 1. The van der Waals surface area contributed by atoms with Crippen molar-refractivity contribution < 1.29 is 18.7 Å². The first kappa shape index (κ1) is 12.5.